The first-order valence-corrected chi connectivity index (χ1v) is 4.38. The minimum Gasteiger partial charge on any atom is -0.396 e. The van der Waals surface area contributed by atoms with Crippen molar-refractivity contribution >= 4 is 0 Å². The summed E-state index contributed by atoms with van der Waals surface area (Å²) in [4.78, 5) is 14.6. The van der Waals surface area contributed by atoms with Gasteiger partial charge < -0.3 is 4.42 Å². The molecule has 72 valence electrons. The number of hydrogen-bond acceptors (Lipinski definition) is 3. The minimum absolute atomic E-state index is 0.131. The van der Waals surface area contributed by atoms with Gasteiger partial charge in [-0.15, -0.1) is 0 Å². The molecule has 3 heteroatoms. The normalized spacial score (nSPS) is 9.07. The van der Waals surface area contributed by atoms with Crippen LogP contribution in [0, 0.1) is 11.8 Å². The van der Waals surface area contributed by atoms with Gasteiger partial charge in [-0.1, -0.05) is 24.1 Å². The molecule has 0 aliphatic heterocycles. The van der Waals surface area contributed by atoms with Gasteiger partial charge in [0.15, 0.2) is 0 Å². The molecule has 0 fully saturated rings. The molecule has 0 radical (unpaired) electrons. The molecule has 0 amide bonds. The summed E-state index contributed by atoms with van der Waals surface area (Å²) in [6, 6.07) is 10.7. The third-order valence-electron chi connectivity index (χ3n) is 1.69. The van der Waals surface area contributed by atoms with Gasteiger partial charge >= 0.3 is 5.63 Å². The van der Waals surface area contributed by atoms with Gasteiger partial charge in [0.05, 0.1) is 0 Å². The molecule has 1 aromatic carbocycles. The Labute approximate surface area is 86.4 Å². The Kier molecular flexibility index (Phi) is 2.61. The van der Waals surface area contributed by atoms with Gasteiger partial charge in [-0.3, -0.25) is 0 Å². The number of rotatable bonds is 0. The Hall–Kier alpha value is -2.34. The zero-order chi connectivity index (χ0) is 10.5. The van der Waals surface area contributed by atoms with Crippen LogP contribution < -0.4 is 5.63 Å². The summed E-state index contributed by atoms with van der Waals surface area (Å²) in [6.07, 6.45) is 1.38. The van der Waals surface area contributed by atoms with Crippen LogP contribution >= 0.6 is 0 Å². The van der Waals surface area contributed by atoms with E-state index in [0.29, 0.717) is 0 Å². The van der Waals surface area contributed by atoms with Crippen LogP contribution in [0.2, 0.25) is 0 Å². The molecule has 0 saturated heterocycles. The Balaban J connectivity index is 2.30. The van der Waals surface area contributed by atoms with E-state index in [2.05, 4.69) is 16.8 Å². The van der Waals surface area contributed by atoms with Crippen LogP contribution in [0.4, 0.5) is 0 Å². The molecular weight excluding hydrogens is 190 g/mol. The van der Waals surface area contributed by atoms with Gasteiger partial charge in [-0.25, -0.2) is 9.78 Å². The van der Waals surface area contributed by atoms with Crippen LogP contribution in [0.1, 0.15) is 11.5 Å². The fourth-order valence-electron chi connectivity index (χ4n) is 1.03. The molecule has 0 aliphatic rings. The van der Waals surface area contributed by atoms with Gasteiger partial charge in [0, 0.05) is 17.8 Å². The molecule has 0 aliphatic carbocycles. The lowest BCUT2D eigenvalue weighted by Gasteiger charge is -1.87. The fraction of sp³-hybridized carbons (Fsp3) is 0. The summed E-state index contributed by atoms with van der Waals surface area (Å²) in [5.74, 6) is 5.65. The first-order chi connectivity index (χ1) is 7.34. The van der Waals surface area contributed by atoms with E-state index in [9.17, 15) is 4.79 Å². The summed E-state index contributed by atoms with van der Waals surface area (Å²) < 4.78 is 4.76. The van der Waals surface area contributed by atoms with E-state index in [1.165, 1.54) is 12.3 Å². The third-order valence-corrected chi connectivity index (χ3v) is 1.69. The third kappa shape index (κ3) is 2.55. The standard InChI is InChI=1S/C12H7NO2/c14-12-8-9-13-11(15-12)7-6-10-4-2-1-3-5-10/h1-5,8-9H. The molecule has 0 bridgehead atoms. The maximum Gasteiger partial charge on any atom is 0.339 e. The summed E-state index contributed by atoms with van der Waals surface area (Å²) in [5.41, 5.74) is 0.410. The van der Waals surface area contributed by atoms with E-state index in [1.807, 2.05) is 30.3 Å². The maximum absolute atomic E-state index is 10.8. The lowest BCUT2D eigenvalue weighted by Crippen LogP contribution is -1.98. The summed E-state index contributed by atoms with van der Waals surface area (Å²) >= 11 is 0. The molecule has 0 spiro atoms. The van der Waals surface area contributed by atoms with E-state index in [1.54, 1.807) is 0 Å². The smallest absolute Gasteiger partial charge is 0.339 e. The Bertz CT molecular complexity index is 561. The number of aromatic nitrogens is 1. The molecule has 2 rings (SSSR count). The highest BCUT2D eigenvalue weighted by Crippen LogP contribution is 1.95. The minimum atomic E-state index is -0.442. The second kappa shape index (κ2) is 4.25. The topological polar surface area (TPSA) is 43.1 Å². The van der Waals surface area contributed by atoms with Crippen molar-refractivity contribution in [2.45, 2.75) is 0 Å². The predicted molar refractivity (Wildman–Crippen MR) is 55.2 cm³/mol. The van der Waals surface area contributed by atoms with Crippen LogP contribution in [0.5, 0.6) is 0 Å². The highest BCUT2D eigenvalue weighted by atomic mass is 16.4. The van der Waals surface area contributed by atoms with Crippen LogP contribution in [0.15, 0.2) is 51.8 Å². The highest BCUT2D eigenvalue weighted by molar-refractivity contribution is 5.36. The zero-order valence-corrected chi connectivity index (χ0v) is 7.81. The SMILES string of the molecule is O=c1ccnc(C#Cc2ccccc2)o1. The van der Waals surface area contributed by atoms with Crippen LogP contribution in [-0.4, -0.2) is 4.98 Å². The van der Waals surface area contributed by atoms with Crippen LogP contribution in [-0.2, 0) is 0 Å². The Morgan fingerprint density at radius 3 is 2.60 bits per heavy atom. The van der Waals surface area contributed by atoms with Gasteiger partial charge in [-0.05, 0) is 18.1 Å². The molecule has 1 heterocycles. The number of nitrogens with zero attached hydrogens (tertiary/aromatic N) is 1. The number of hydrogen-bond donors (Lipinski definition) is 0. The molecule has 1 aromatic heterocycles. The van der Waals surface area contributed by atoms with E-state index >= 15 is 0 Å². The Morgan fingerprint density at radius 2 is 1.87 bits per heavy atom. The lowest BCUT2D eigenvalue weighted by atomic mass is 10.2. The van der Waals surface area contributed by atoms with Crippen molar-refractivity contribution in [3.8, 4) is 11.8 Å². The van der Waals surface area contributed by atoms with Gasteiger partial charge in [0.1, 0.15) is 0 Å². The molecule has 0 atom stereocenters. The molecular formula is C12H7NO2. The lowest BCUT2D eigenvalue weighted by molar-refractivity contribution is 0.477. The first kappa shape index (κ1) is 9.22. The molecule has 15 heavy (non-hydrogen) atoms. The van der Waals surface area contributed by atoms with Crippen molar-refractivity contribution in [3.05, 3.63) is 64.5 Å². The van der Waals surface area contributed by atoms with Crippen molar-refractivity contribution in [1.82, 2.24) is 4.98 Å². The van der Waals surface area contributed by atoms with E-state index in [4.69, 9.17) is 4.42 Å². The maximum atomic E-state index is 10.8. The van der Waals surface area contributed by atoms with Gasteiger partial charge in [-0.2, -0.15) is 0 Å². The van der Waals surface area contributed by atoms with E-state index < -0.39 is 5.63 Å². The Morgan fingerprint density at radius 1 is 1.07 bits per heavy atom. The average molecular weight is 197 g/mol. The summed E-state index contributed by atoms with van der Waals surface area (Å²) in [5, 5.41) is 0. The van der Waals surface area contributed by atoms with Crippen molar-refractivity contribution in [3.63, 3.8) is 0 Å². The highest BCUT2D eigenvalue weighted by Gasteiger charge is 1.90. The molecule has 0 N–H and O–H groups in total. The summed E-state index contributed by atoms with van der Waals surface area (Å²) in [6.45, 7) is 0. The quantitative estimate of drug-likeness (QED) is 0.600. The van der Waals surface area contributed by atoms with Crippen LogP contribution in [0.25, 0.3) is 0 Å². The molecule has 0 saturated carbocycles. The second-order valence-corrected chi connectivity index (χ2v) is 2.79. The van der Waals surface area contributed by atoms with E-state index in [0.717, 1.165) is 5.56 Å². The monoisotopic (exact) mass is 197 g/mol. The predicted octanol–water partition coefficient (Wildman–Crippen LogP) is 1.43. The number of benzene rings is 1. The van der Waals surface area contributed by atoms with Gasteiger partial charge in [0.25, 0.3) is 5.89 Å². The fourth-order valence-corrected chi connectivity index (χ4v) is 1.03. The van der Waals surface area contributed by atoms with Crippen molar-refractivity contribution in [2.24, 2.45) is 0 Å². The average Bonchev–Trinajstić information content (AvgIpc) is 2.28. The van der Waals surface area contributed by atoms with Gasteiger partial charge in [0.2, 0.25) is 0 Å². The van der Waals surface area contributed by atoms with Crippen molar-refractivity contribution < 1.29 is 4.42 Å². The van der Waals surface area contributed by atoms with Crippen molar-refractivity contribution in [1.29, 1.82) is 0 Å². The first-order valence-electron chi connectivity index (χ1n) is 4.38. The summed E-state index contributed by atoms with van der Waals surface area (Å²) in [7, 11) is 0. The molecule has 2 aromatic rings. The zero-order valence-electron chi connectivity index (χ0n) is 7.81. The second-order valence-electron chi connectivity index (χ2n) is 2.79. The van der Waals surface area contributed by atoms with Crippen molar-refractivity contribution in [2.75, 3.05) is 0 Å². The van der Waals surface area contributed by atoms with Crippen LogP contribution in [0.3, 0.4) is 0 Å². The molecule has 3 nitrogen and oxygen atoms in total. The van der Waals surface area contributed by atoms with E-state index in [-0.39, 0.29) is 5.89 Å². The molecule has 0 unspecified atom stereocenters. The largest absolute Gasteiger partial charge is 0.396 e.